The molecule has 3 aromatic carbocycles. The van der Waals surface area contributed by atoms with Crippen molar-refractivity contribution in [3.05, 3.63) is 97.7 Å². The molecule has 0 bridgehead atoms. The topological polar surface area (TPSA) is 35.2 Å². The second-order valence-corrected chi connectivity index (χ2v) is 7.72. The number of rotatable bonds is 4. The van der Waals surface area contributed by atoms with Gasteiger partial charge in [0, 0.05) is 6.54 Å². The Bertz CT molecular complexity index is 1240. The Kier molecular flexibility index (Phi) is 4.50. The standard InChI is InChI=1S/C26H25NO/c27-16-18-5-10-22(11-6-18)28-17-19-7-12-24-21(15-19)9-14-25-23-4-2-1-3-20(23)8-13-26(24)25/h3,5-13,15H,1-2,4,14,16-17,27H2. The van der Waals surface area contributed by atoms with Crippen LogP contribution >= 0.6 is 0 Å². The Balaban J connectivity index is 1.48. The molecule has 2 aliphatic rings. The quantitative estimate of drug-likeness (QED) is 0.766. The van der Waals surface area contributed by atoms with Crippen LogP contribution in [-0.2, 0) is 26.0 Å². The highest BCUT2D eigenvalue weighted by atomic mass is 16.5. The molecule has 2 aliphatic carbocycles. The van der Waals surface area contributed by atoms with Crippen LogP contribution in [0.15, 0.2) is 54.6 Å². The molecule has 2 N–H and O–H groups in total. The van der Waals surface area contributed by atoms with Gasteiger partial charge in [0.2, 0.25) is 0 Å². The first-order chi connectivity index (χ1) is 13.8. The number of ether oxygens (including phenoxy) is 1. The summed E-state index contributed by atoms with van der Waals surface area (Å²) in [6, 6.07) is 19.4. The predicted molar refractivity (Wildman–Crippen MR) is 114 cm³/mol. The highest BCUT2D eigenvalue weighted by molar-refractivity contribution is 5.48. The number of benzene rings is 3. The van der Waals surface area contributed by atoms with Gasteiger partial charge >= 0.3 is 0 Å². The van der Waals surface area contributed by atoms with Gasteiger partial charge in [0.1, 0.15) is 12.4 Å². The number of hydrogen-bond acceptors (Lipinski definition) is 2. The lowest BCUT2D eigenvalue weighted by Gasteiger charge is -2.16. The molecule has 0 fully saturated rings. The molecule has 0 unspecified atom stereocenters. The highest BCUT2D eigenvalue weighted by Crippen LogP contribution is 2.18. The molecule has 0 spiro atoms. The van der Waals surface area contributed by atoms with E-state index in [-0.39, 0.29) is 0 Å². The Morgan fingerprint density at radius 3 is 2.46 bits per heavy atom. The van der Waals surface area contributed by atoms with Crippen molar-refractivity contribution in [2.75, 3.05) is 0 Å². The molecule has 0 aliphatic heterocycles. The largest absolute Gasteiger partial charge is 0.489 e. The van der Waals surface area contributed by atoms with Crippen molar-refractivity contribution in [3.8, 4) is 5.75 Å². The van der Waals surface area contributed by atoms with Crippen LogP contribution in [0.4, 0.5) is 0 Å². The molecule has 3 aromatic rings. The second-order valence-electron chi connectivity index (χ2n) is 7.72. The van der Waals surface area contributed by atoms with E-state index >= 15 is 0 Å². The molecule has 5 rings (SSSR count). The summed E-state index contributed by atoms with van der Waals surface area (Å²) >= 11 is 0. The van der Waals surface area contributed by atoms with Gasteiger partial charge in [-0.2, -0.15) is 0 Å². The van der Waals surface area contributed by atoms with Gasteiger partial charge in [-0.15, -0.1) is 0 Å². The van der Waals surface area contributed by atoms with Crippen LogP contribution in [-0.4, -0.2) is 0 Å². The fourth-order valence-corrected chi connectivity index (χ4v) is 4.44. The maximum atomic E-state index is 5.97. The first kappa shape index (κ1) is 17.3. The van der Waals surface area contributed by atoms with Crippen LogP contribution in [0.3, 0.4) is 0 Å². The van der Waals surface area contributed by atoms with Crippen LogP contribution in [0, 0.1) is 10.4 Å². The summed E-state index contributed by atoms with van der Waals surface area (Å²) in [6.07, 6.45) is 9.52. The minimum atomic E-state index is 0.559. The van der Waals surface area contributed by atoms with Crippen LogP contribution in [0.1, 0.15) is 35.1 Å². The van der Waals surface area contributed by atoms with E-state index in [0.717, 1.165) is 17.7 Å². The van der Waals surface area contributed by atoms with E-state index in [0.29, 0.717) is 13.2 Å². The number of nitrogens with two attached hydrogens (primary N) is 1. The second kappa shape index (κ2) is 7.29. The van der Waals surface area contributed by atoms with Crippen molar-refractivity contribution >= 4 is 12.2 Å². The first-order valence-electron chi connectivity index (χ1n) is 10.2. The zero-order valence-electron chi connectivity index (χ0n) is 16.1. The molecule has 0 radical (unpaired) electrons. The van der Waals surface area contributed by atoms with Crippen LogP contribution in [0.2, 0.25) is 0 Å². The summed E-state index contributed by atoms with van der Waals surface area (Å²) in [4.78, 5) is 0. The normalized spacial score (nSPS) is 14.2. The summed E-state index contributed by atoms with van der Waals surface area (Å²) in [5.74, 6) is 0.882. The van der Waals surface area contributed by atoms with E-state index in [1.165, 1.54) is 51.3 Å². The van der Waals surface area contributed by atoms with Gasteiger partial charge < -0.3 is 10.5 Å². The minimum Gasteiger partial charge on any atom is -0.489 e. The fraction of sp³-hybridized carbons (Fsp3) is 0.231. The van der Waals surface area contributed by atoms with Gasteiger partial charge in [-0.25, -0.2) is 0 Å². The maximum absolute atomic E-state index is 5.97. The average Bonchev–Trinajstić information content (AvgIpc) is 2.77. The Morgan fingerprint density at radius 1 is 0.786 bits per heavy atom. The average molecular weight is 367 g/mol. The third-order valence-electron chi connectivity index (χ3n) is 5.96. The van der Waals surface area contributed by atoms with E-state index < -0.39 is 0 Å². The van der Waals surface area contributed by atoms with E-state index in [1.807, 2.05) is 24.3 Å². The van der Waals surface area contributed by atoms with E-state index in [9.17, 15) is 0 Å². The Hall–Kier alpha value is -2.84. The molecule has 0 aromatic heterocycles. The molecule has 140 valence electrons. The fourth-order valence-electron chi connectivity index (χ4n) is 4.44. The molecular formula is C26H25NO. The van der Waals surface area contributed by atoms with Crippen molar-refractivity contribution in [3.63, 3.8) is 0 Å². The van der Waals surface area contributed by atoms with E-state index in [2.05, 4.69) is 42.5 Å². The van der Waals surface area contributed by atoms with Crippen molar-refractivity contribution in [1.29, 1.82) is 0 Å². The van der Waals surface area contributed by atoms with Crippen molar-refractivity contribution < 1.29 is 4.74 Å². The monoisotopic (exact) mass is 367 g/mol. The van der Waals surface area contributed by atoms with Crippen LogP contribution < -0.4 is 20.9 Å². The lowest BCUT2D eigenvalue weighted by molar-refractivity contribution is 0.306. The Morgan fingerprint density at radius 2 is 1.61 bits per heavy atom. The maximum Gasteiger partial charge on any atom is 0.119 e. The third kappa shape index (κ3) is 3.14. The molecule has 2 heteroatoms. The van der Waals surface area contributed by atoms with E-state index in [4.69, 9.17) is 10.5 Å². The van der Waals surface area contributed by atoms with Gasteiger partial charge in [-0.05, 0) is 87.0 Å². The smallest absolute Gasteiger partial charge is 0.119 e. The van der Waals surface area contributed by atoms with Gasteiger partial charge in [0.05, 0.1) is 0 Å². The zero-order valence-corrected chi connectivity index (χ0v) is 16.1. The van der Waals surface area contributed by atoms with Gasteiger partial charge in [-0.1, -0.05) is 48.6 Å². The summed E-state index contributed by atoms with van der Waals surface area (Å²) < 4.78 is 5.97. The molecule has 0 amide bonds. The van der Waals surface area contributed by atoms with Crippen LogP contribution in [0.25, 0.3) is 12.2 Å². The van der Waals surface area contributed by atoms with E-state index in [1.54, 1.807) is 5.56 Å². The van der Waals surface area contributed by atoms with Gasteiger partial charge in [0.25, 0.3) is 0 Å². The predicted octanol–water partition coefficient (Wildman–Crippen LogP) is 3.46. The number of fused-ring (bicyclic) bond motifs is 4. The summed E-state index contributed by atoms with van der Waals surface area (Å²) in [6.45, 7) is 1.14. The third-order valence-corrected chi connectivity index (χ3v) is 5.96. The summed E-state index contributed by atoms with van der Waals surface area (Å²) in [7, 11) is 0. The van der Waals surface area contributed by atoms with Gasteiger partial charge in [0.15, 0.2) is 0 Å². The first-order valence-corrected chi connectivity index (χ1v) is 10.2. The molecule has 2 nitrogen and oxygen atoms in total. The Labute approximate surface area is 165 Å². The lowest BCUT2D eigenvalue weighted by Crippen LogP contribution is -2.20. The summed E-state index contributed by atoms with van der Waals surface area (Å²) in [5.41, 5.74) is 11.1. The molecule has 0 saturated heterocycles. The molecule has 28 heavy (non-hydrogen) atoms. The SMILES string of the molecule is NCc1ccc(OCc2ccc3c(c2)=CCc2c4c(ccc2=3)=CCCC4)cc1. The van der Waals surface area contributed by atoms with Gasteiger partial charge in [-0.3, -0.25) is 0 Å². The molecule has 0 saturated carbocycles. The van der Waals surface area contributed by atoms with Crippen molar-refractivity contribution in [2.24, 2.45) is 5.73 Å². The number of hydrogen-bond donors (Lipinski definition) is 1. The van der Waals surface area contributed by atoms with Crippen LogP contribution in [0.5, 0.6) is 5.75 Å². The zero-order chi connectivity index (χ0) is 18.9. The lowest BCUT2D eigenvalue weighted by atomic mass is 9.89. The highest BCUT2D eigenvalue weighted by Gasteiger charge is 2.11. The van der Waals surface area contributed by atoms with Crippen molar-refractivity contribution in [2.45, 2.75) is 38.8 Å². The molecule has 0 atom stereocenters. The molecular weight excluding hydrogens is 342 g/mol. The summed E-state index contributed by atoms with van der Waals surface area (Å²) in [5, 5.41) is 5.54. The minimum absolute atomic E-state index is 0.559. The van der Waals surface area contributed by atoms with Crippen molar-refractivity contribution in [1.82, 2.24) is 0 Å². The molecule has 0 heterocycles.